The fourth-order valence-corrected chi connectivity index (χ4v) is 3.54. The van der Waals surface area contributed by atoms with Gasteiger partial charge in [-0.2, -0.15) is 0 Å². The average Bonchev–Trinajstić information content (AvgIpc) is 2.70. The first-order valence-electron chi connectivity index (χ1n) is 9.36. The summed E-state index contributed by atoms with van der Waals surface area (Å²) >= 11 is 6.12. The molecule has 27 heavy (non-hydrogen) atoms. The largest absolute Gasteiger partial charge is 0.496 e. The number of aldehydes is 1. The van der Waals surface area contributed by atoms with Gasteiger partial charge in [-0.1, -0.05) is 30.9 Å². The molecule has 0 atom stereocenters. The Balaban J connectivity index is 1.83. The second kappa shape index (κ2) is 10.5. The Labute approximate surface area is 166 Å². The molecule has 1 saturated carbocycles. The van der Waals surface area contributed by atoms with Crippen molar-refractivity contribution in [3.05, 3.63) is 22.7 Å². The molecule has 1 fully saturated rings. The van der Waals surface area contributed by atoms with Gasteiger partial charge in [0.05, 0.1) is 17.7 Å². The van der Waals surface area contributed by atoms with Crippen molar-refractivity contribution >= 4 is 23.8 Å². The standard InChI is InChI=1S/C20H29ClN2O4/c1-22(16-7-5-4-6-8-16)9-10-23(2)20(25)14-27-19-12-18(26-3)15(13-24)11-17(19)21/h11-13,16H,4-10,14H2,1-3H3. The normalized spacial score (nSPS) is 14.9. The molecule has 0 radical (unpaired) electrons. The summed E-state index contributed by atoms with van der Waals surface area (Å²) in [5.41, 5.74) is 0.337. The molecule has 0 saturated heterocycles. The van der Waals surface area contributed by atoms with Crippen molar-refractivity contribution in [3.8, 4) is 11.5 Å². The molecule has 0 heterocycles. The maximum absolute atomic E-state index is 12.3. The zero-order chi connectivity index (χ0) is 19.8. The molecular formula is C20H29ClN2O4. The summed E-state index contributed by atoms with van der Waals surface area (Å²) in [6.07, 6.45) is 7.08. The molecule has 0 aliphatic heterocycles. The van der Waals surface area contributed by atoms with Gasteiger partial charge < -0.3 is 19.3 Å². The van der Waals surface area contributed by atoms with Crippen LogP contribution in [0.15, 0.2) is 12.1 Å². The van der Waals surface area contributed by atoms with Gasteiger partial charge in [-0.25, -0.2) is 0 Å². The zero-order valence-corrected chi connectivity index (χ0v) is 17.1. The first-order valence-corrected chi connectivity index (χ1v) is 9.73. The van der Waals surface area contributed by atoms with Crippen LogP contribution in [-0.2, 0) is 4.79 Å². The van der Waals surface area contributed by atoms with E-state index in [0.29, 0.717) is 35.9 Å². The maximum atomic E-state index is 12.3. The number of nitrogens with zero attached hydrogens (tertiary/aromatic N) is 2. The summed E-state index contributed by atoms with van der Waals surface area (Å²) < 4.78 is 10.7. The molecule has 1 aromatic rings. The molecule has 6 nitrogen and oxygen atoms in total. The third-order valence-corrected chi connectivity index (χ3v) is 5.47. The highest BCUT2D eigenvalue weighted by atomic mass is 35.5. The number of halogens is 1. The SMILES string of the molecule is COc1cc(OCC(=O)N(C)CCN(C)C2CCCCC2)c(Cl)cc1C=O. The summed E-state index contributed by atoms with van der Waals surface area (Å²) in [5, 5.41) is 0.269. The van der Waals surface area contributed by atoms with E-state index in [0.717, 1.165) is 6.54 Å². The lowest BCUT2D eigenvalue weighted by Gasteiger charge is -2.32. The lowest BCUT2D eigenvalue weighted by atomic mass is 9.94. The summed E-state index contributed by atoms with van der Waals surface area (Å²) in [4.78, 5) is 27.4. The number of methoxy groups -OCH3 is 1. The van der Waals surface area contributed by atoms with E-state index in [1.807, 2.05) is 0 Å². The van der Waals surface area contributed by atoms with Crippen molar-refractivity contribution in [2.45, 2.75) is 38.1 Å². The highest BCUT2D eigenvalue weighted by Crippen LogP contribution is 2.32. The Morgan fingerprint density at radius 1 is 1.19 bits per heavy atom. The van der Waals surface area contributed by atoms with Crippen molar-refractivity contribution in [2.75, 3.05) is 40.9 Å². The van der Waals surface area contributed by atoms with Crippen LogP contribution in [0.25, 0.3) is 0 Å². The van der Waals surface area contributed by atoms with Crippen LogP contribution in [0.1, 0.15) is 42.5 Å². The van der Waals surface area contributed by atoms with Gasteiger partial charge in [0, 0.05) is 32.2 Å². The van der Waals surface area contributed by atoms with E-state index >= 15 is 0 Å². The number of carbonyl (C=O) groups is 2. The predicted molar refractivity (Wildman–Crippen MR) is 106 cm³/mol. The summed E-state index contributed by atoms with van der Waals surface area (Å²) in [5.74, 6) is 0.557. The van der Waals surface area contributed by atoms with Gasteiger partial charge in [-0.3, -0.25) is 9.59 Å². The third-order valence-electron chi connectivity index (χ3n) is 5.17. The van der Waals surface area contributed by atoms with E-state index in [1.54, 1.807) is 11.9 Å². The van der Waals surface area contributed by atoms with E-state index in [1.165, 1.54) is 51.3 Å². The minimum Gasteiger partial charge on any atom is -0.496 e. The number of amides is 1. The molecule has 0 N–H and O–H groups in total. The molecule has 1 aliphatic rings. The van der Waals surface area contributed by atoms with Crippen LogP contribution in [-0.4, -0.2) is 68.9 Å². The Morgan fingerprint density at radius 2 is 1.89 bits per heavy atom. The Hall–Kier alpha value is -1.79. The van der Waals surface area contributed by atoms with Gasteiger partial charge >= 0.3 is 0 Å². The molecule has 7 heteroatoms. The number of benzene rings is 1. The number of rotatable bonds is 9. The first kappa shape index (κ1) is 21.5. The smallest absolute Gasteiger partial charge is 0.260 e. The minimum atomic E-state index is -0.124. The van der Waals surface area contributed by atoms with Crippen LogP contribution >= 0.6 is 11.6 Å². The fourth-order valence-electron chi connectivity index (χ4n) is 3.32. The second-order valence-corrected chi connectivity index (χ2v) is 7.43. The van der Waals surface area contributed by atoms with E-state index in [4.69, 9.17) is 21.1 Å². The van der Waals surface area contributed by atoms with Crippen LogP contribution in [0.3, 0.4) is 0 Å². The van der Waals surface area contributed by atoms with Crippen LogP contribution in [0, 0.1) is 0 Å². The summed E-state index contributed by atoms with van der Waals surface area (Å²) in [7, 11) is 5.37. The van der Waals surface area contributed by atoms with Crippen molar-refractivity contribution in [1.82, 2.24) is 9.80 Å². The minimum absolute atomic E-state index is 0.118. The van der Waals surface area contributed by atoms with E-state index in [9.17, 15) is 9.59 Å². The molecule has 150 valence electrons. The first-order chi connectivity index (χ1) is 13.0. The highest BCUT2D eigenvalue weighted by Gasteiger charge is 2.19. The monoisotopic (exact) mass is 396 g/mol. The van der Waals surface area contributed by atoms with Gasteiger partial charge in [0.15, 0.2) is 12.9 Å². The van der Waals surface area contributed by atoms with Gasteiger partial charge in [0.25, 0.3) is 5.91 Å². The topological polar surface area (TPSA) is 59.1 Å². The van der Waals surface area contributed by atoms with Gasteiger partial charge in [-0.05, 0) is 26.0 Å². The zero-order valence-electron chi connectivity index (χ0n) is 16.4. The molecule has 0 bridgehead atoms. The van der Waals surface area contributed by atoms with E-state index in [2.05, 4.69) is 11.9 Å². The number of hydrogen-bond donors (Lipinski definition) is 0. The van der Waals surface area contributed by atoms with Crippen LogP contribution in [0.2, 0.25) is 5.02 Å². The predicted octanol–water partition coefficient (Wildman–Crippen LogP) is 3.26. The van der Waals surface area contributed by atoms with Crippen molar-refractivity contribution in [1.29, 1.82) is 0 Å². The van der Waals surface area contributed by atoms with Crippen LogP contribution < -0.4 is 9.47 Å². The molecule has 0 aromatic heterocycles. The van der Waals surface area contributed by atoms with Crippen LogP contribution in [0.5, 0.6) is 11.5 Å². The van der Waals surface area contributed by atoms with Gasteiger partial charge in [0.1, 0.15) is 11.5 Å². The van der Waals surface area contributed by atoms with E-state index in [-0.39, 0.29) is 17.5 Å². The van der Waals surface area contributed by atoms with Crippen molar-refractivity contribution in [2.24, 2.45) is 0 Å². The summed E-state index contributed by atoms with van der Waals surface area (Å²) in [6, 6.07) is 3.62. The number of hydrogen-bond acceptors (Lipinski definition) is 5. The molecule has 0 spiro atoms. The highest BCUT2D eigenvalue weighted by molar-refractivity contribution is 6.32. The number of carbonyl (C=O) groups excluding carboxylic acids is 2. The Morgan fingerprint density at radius 3 is 2.52 bits per heavy atom. The molecule has 2 rings (SSSR count). The lowest BCUT2D eigenvalue weighted by Crippen LogP contribution is -2.41. The lowest BCUT2D eigenvalue weighted by molar-refractivity contribution is -0.132. The molecular weight excluding hydrogens is 368 g/mol. The molecule has 0 unspecified atom stereocenters. The van der Waals surface area contributed by atoms with Crippen molar-refractivity contribution < 1.29 is 19.1 Å². The maximum Gasteiger partial charge on any atom is 0.260 e. The van der Waals surface area contributed by atoms with Crippen LogP contribution in [0.4, 0.5) is 0 Å². The van der Waals surface area contributed by atoms with Gasteiger partial charge in [0.2, 0.25) is 0 Å². The fraction of sp³-hybridized carbons (Fsp3) is 0.600. The Bertz CT molecular complexity index is 647. The third kappa shape index (κ3) is 6.11. The molecule has 1 aromatic carbocycles. The Kier molecular flexibility index (Phi) is 8.38. The van der Waals surface area contributed by atoms with Crippen molar-refractivity contribution in [3.63, 3.8) is 0 Å². The quantitative estimate of drug-likeness (QED) is 0.599. The van der Waals surface area contributed by atoms with Gasteiger partial charge in [-0.15, -0.1) is 0 Å². The molecule has 1 aliphatic carbocycles. The second-order valence-electron chi connectivity index (χ2n) is 7.02. The van der Waals surface area contributed by atoms with E-state index < -0.39 is 0 Å². The number of ether oxygens (including phenoxy) is 2. The average molecular weight is 397 g/mol. The number of likely N-dealkylation sites (N-methyl/N-ethyl adjacent to an activating group) is 2. The summed E-state index contributed by atoms with van der Waals surface area (Å²) in [6.45, 7) is 1.37. The molecule has 1 amide bonds.